The minimum absolute atomic E-state index is 0.761. The number of hydrogen-bond acceptors (Lipinski definition) is 4. The van der Waals surface area contributed by atoms with E-state index < -0.39 is 0 Å². The summed E-state index contributed by atoms with van der Waals surface area (Å²) in [6.45, 7) is 0. The molecule has 16 heavy (non-hydrogen) atoms. The number of thioether (sulfide) groups is 4. The molecule has 0 atom stereocenters. The zero-order valence-electron chi connectivity index (χ0n) is 7.68. The first-order valence-electron chi connectivity index (χ1n) is 4.35. The second kappa shape index (κ2) is 5.24. The second-order valence-electron chi connectivity index (χ2n) is 2.95. The van der Waals surface area contributed by atoms with Crippen molar-refractivity contribution in [1.29, 1.82) is 0 Å². The van der Waals surface area contributed by atoms with Crippen LogP contribution in [0.3, 0.4) is 0 Å². The monoisotopic (exact) mass is 548 g/mol. The van der Waals surface area contributed by atoms with Gasteiger partial charge in [0, 0.05) is 0 Å². The summed E-state index contributed by atoms with van der Waals surface area (Å²) in [5.74, 6) is 0. The van der Waals surface area contributed by atoms with Crippen LogP contribution in [0.1, 0.15) is 0 Å². The van der Waals surface area contributed by atoms with Gasteiger partial charge in [-0.1, -0.05) is 0 Å². The molecule has 4 heterocycles. The Morgan fingerprint density at radius 1 is 0.562 bits per heavy atom. The molecule has 0 aromatic carbocycles. The van der Waals surface area contributed by atoms with Crippen LogP contribution in [0.2, 0.25) is 0 Å². The molecule has 0 amide bonds. The molecule has 0 fully saturated rings. The van der Waals surface area contributed by atoms with Gasteiger partial charge >= 0.3 is 139 Å². The second-order valence-corrected chi connectivity index (χ2v) is 21.1. The average molecular weight is 544 g/mol. The van der Waals surface area contributed by atoms with Crippen LogP contribution in [0.5, 0.6) is 0 Å². The van der Waals surface area contributed by atoms with Gasteiger partial charge in [0.25, 0.3) is 0 Å². The molecule has 84 valence electrons. The van der Waals surface area contributed by atoms with Crippen LogP contribution in [-0.4, -0.2) is 70.0 Å². The summed E-state index contributed by atoms with van der Waals surface area (Å²) in [6.07, 6.45) is 0. The molecule has 0 aliphatic carbocycles. The first-order valence-corrected chi connectivity index (χ1v) is 15.1. The van der Waals surface area contributed by atoms with Gasteiger partial charge < -0.3 is 0 Å². The minimum atomic E-state index is 0.761. The van der Waals surface area contributed by atoms with Gasteiger partial charge in [0.15, 0.2) is 0 Å². The maximum atomic E-state index is 2.14. The third kappa shape index (κ3) is 2.26. The molecule has 0 saturated heterocycles. The van der Waals surface area contributed by atoms with E-state index in [0.717, 1.165) is 59.8 Å². The van der Waals surface area contributed by atoms with Crippen LogP contribution in [0.15, 0.2) is 22.0 Å². The van der Waals surface area contributed by atoms with Gasteiger partial charge in [0.05, 0.1) is 0 Å². The Bertz CT molecular complexity index is 389. The van der Waals surface area contributed by atoms with Gasteiger partial charge in [-0.2, -0.15) is 0 Å². The summed E-state index contributed by atoms with van der Waals surface area (Å²) in [6, 6.07) is 0. The molecule has 0 bridgehead atoms. The first-order chi connectivity index (χ1) is 7.90. The van der Waals surface area contributed by atoms with Gasteiger partial charge in [-0.05, 0) is 0 Å². The summed E-state index contributed by atoms with van der Waals surface area (Å²) in [4.78, 5) is 0. The predicted molar refractivity (Wildman–Crippen MR) is 84.2 cm³/mol. The van der Waals surface area contributed by atoms with Crippen LogP contribution in [0, 0.1) is 0 Å². The van der Waals surface area contributed by atoms with Gasteiger partial charge in [-0.25, -0.2) is 0 Å². The molecule has 4 rings (SSSR count). The Balaban J connectivity index is 1.56. The van der Waals surface area contributed by atoms with E-state index in [1.807, 2.05) is 6.74 Å². The zero-order chi connectivity index (χ0) is 10.5. The Hall–Kier alpha value is 2.70. The normalized spacial score (nSPS) is 28.5. The summed E-state index contributed by atoms with van der Waals surface area (Å²) in [5, 5.41) is 2.63. The molecule has 0 N–H and O–H groups in total. The Kier molecular flexibility index (Phi) is 4.07. The van der Waals surface area contributed by atoms with E-state index in [4.69, 9.17) is 0 Å². The van der Waals surface area contributed by atoms with Crippen molar-refractivity contribution in [2.45, 2.75) is 0 Å². The molecule has 0 unspecified atom stereocenters. The molecular formula is C8H4S4Se4. The van der Waals surface area contributed by atoms with Crippen molar-refractivity contribution in [2.24, 2.45) is 0 Å². The summed E-state index contributed by atoms with van der Waals surface area (Å²) in [7, 11) is 0. The predicted octanol–water partition coefficient (Wildman–Crippen LogP) is 2.09. The zero-order valence-corrected chi connectivity index (χ0v) is 17.8. The van der Waals surface area contributed by atoms with Crippen molar-refractivity contribution in [3.8, 4) is 0 Å². The molecule has 8 heteroatoms. The van der Waals surface area contributed by atoms with E-state index in [2.05, 4.69) is 47.0 Å². The molecule has 0 aromatic heterocycles. The molecule has 4 aliphatic heterocycles. The Labute approximate surface area is 137 Å². The third-order valence-electron chi connectivity index (χ3n) is 2.00. The molecule has 0 nitrogen and oxygen atoms in total. The van der Waals surface area contributed by atoms with Crippen molar-refractivity contribution in [3.63, 3.8) is 0 Å². The van der Waals surface area contributed by atoms with Crippen LogP contribution >= 0.6 is 47.0 Å². The fourth-order valence-electron chi connectivity index (χ4n) is 1.34. The van der Waals surface area contributed by atoms with E-state index in [1.54, 1.807) is 15.2 Å². The molecular weight excluding hydrogens is 540 g/mol. The van der Waals surface area contributed by atoms with E-state index in [0.29, 0.717) is 0 Å². The van der Waals surface area contributed by atoms with Crippen LogP contribution < -0.4 is 0 Å². The van der Waals surface area contributed by atoms with E-state index in [9.17, 15) is 0 Å². The first kappa shape index (κ1) is 12.4. The Morgan fingerprint density at radius 3 is 1.19 bits per heavy atom. The van der Waals surface area contributed by atoms with Gasteiger partial charge in [-0.15, -0.1) is 0 Å². The van der Waals surface area contributed by atoms with Crippen molar-refractivity contribution in [1.82, 2.24) is 0 Å². The van der Waals surface area contributed by atoms with Crippen LogP contribution in [0.25, 0.3) is 0 Å². The maximum absolute atomic E-state index is 2.14. The third-order valence-corrected chi connectivity index (χ3v) is 26.0. The molecule has 0 aromatic rings. The van der Waals surface area contributed by atoms with Gasteiger partial charge in [0.2, 0.25) is 0 Å². The summed E-state index contributed by atoms with van der Waals surface area (Å²) >= 11 is 11.6. The van der Waals surface area contributed by atoms with Crippen molar-refractivity contribution in [2.75, 3.05) is 10.2 Å². The molecule has 0 saturated carbocycles. The van der Waals surface area contributed by atoms with E-state index >= 15 is 0 Å². The molecule has 0 spiro atoms. The number of hydrogen-bond donors (Lipinski definition) is 0. The van der Waals surface area contributed by atoms with Crippen LogP contribution in [-0.2, 0) is 0 Å². The standard InChI is InChI=1S/C8H4S4Se4/c1-9-3-4(10-1)14-7(13-3)8-15-5-6(16-8)12-2-11-5/h1-2H2. The topological polar surface area (TPSA) is 0 Å². The van der Waals surface area contributed by atoms with Crippen molar-refractivity contribution in [3.05, 3.63) is 22.0 Å². The molecule has 0 radical (unpaired) electrons. The average Bonchev–Trinajstić information content (AvgIpc) is 2.94. The van der Waals surface area contributed by atoms with Crippen molar-refractivity contribution < 1.29 is 0 Å². The van der Waals surface area contributed by atoms with Crippen LogP contribution in [0.4, 0.5) is 0 Å². The fraction of sp³-hybridized carbons (Fsp3) is 0.250. The SMILES string of the molecule is C1SC2=C(S1)[Se]C(=C1[Se]C3=C(SCS3)[Se]1)[Se]2. The summed E-state index contributed by atoms with van der Waals surface area (Å²) in [5.41, 5.74) is 0. The van der Waals surface area contributed by atoms with Crippen molar-refractivity contribution >= 4 is 107 Å². The van der Waals surface area contributed by atoms with E-state index in [1.165, 1.54) is 10.2 Å². The Morgan fingerprint density at radius 2 is 0.875 bits per heavy atom. The summed E-state index contributed by atoms with van der Waals surface area (Å²) < 4.78 is 11.1. The number of rotatable bonds is 0. The quantitative estimate of drug-likeness (QED) is 0.429. The van der Waals surface area contributed by atoms with E-state index in [-0.39, 0.29) is 0 Å². The van der Waals surface area contributed by atoms with Gasteiger partial charge in [-0.3, -0.25) is 0 Å². The fourth-order valence-corrected chi connectivity index (χ4v) is 29.6. The van der Waals surface area contributed by atoms with Gasteiger partial charge in [0.1, 0.15) is 0 Å². The molecule has 4 aliphatic rings.